The van der Waals surface area contributed by atoms with Crippen LogP contribution in [0.4, 0.5) is 4.39 Å². The molecule has 0 aliphatic rings. The minimum absolute atomic E-state index is 0.589. The van der Waals surface area contributed by atoms with Crippen LogP contribution in [-0.4, -0.2) is 40.7 Å². The maximum Gasteiger partial charge on any atom is 0.637 e. The molecule has 0 unspecified atom stereocenters. The summed E-state index contributed by atoms with van der Waals surface area (Å²) in [5.74, 6) is -3.96. The summed E-state index contributed by atoms with van der Waals surface area (Å²) in [6.07, 6.45) is 0. The average molecular weight is 243 g/mol. The summed E-state index contributed by atoms with van der Waals surface area (Å²) in [6.45, 7) is -2.67. The van der Waals surface area contributed by atoms with Gasteiger partial charge in [0.15, 0.2) is 0 Å². The van der Waals surface area contributed by atoms with Crippen molar-refractivity contribution in [2.75, 3.05) is 19.8 Å². The molecular weight excluding hydrogens is 237 g/mol. The van der Waals surface area contributed by atoms with E-state index in [9.17, 15) is 34.7 Å². The van der Waals surface area contributed by atoms with Crippen LogP contribution in [-0.2, 0) is 9.57 Å². The maximum atomic E-state index is 12.9. The summed E-state index contributed by atoms with van der Waals surface area (Å²) in [7, 11) is 0. The fourth-order valence-electron chi connectivity index (χ4n) is 0.545. The van der Waals surface area contributed by atoms with Crippen molar-refractivity contribution < 1.29 is 28.9 Å². The second-order valence-electron chi connectivity index (χ2n) is 2.34. The van der Waals surface area contributed by atoms with E-state index in [4.69, 9.17) is 0 Å². The number of rotatable bonds is 8. The number of nitro groups is 2. The maximum absolute atomic E-state index is 12.9. The van der Waals surface area contributed by atoms with Crippen LogP contribution in [0.3, 0.4) is 0 Å². The zero-order chi connectivity index (χ0) is 12.8. The quantitative estimate of drug-likeness (QED) is 0.180. The molecular formula is C4H6FN3O8. The summed E-state index contributed by atoms with van der Waals surface area (Å²) >= 11 is 0. The predicted molar refractivity (Wildman–Crippen MR) is 41.6 cm³/mol. The van der Waals surface area contributed by atoms with Gasteiger partial charge in [0.25, 0.3) is 5.09 Å². The van der Waals surface area contributed by atoms with E-state index in [2.05, 4.69) is 9.57 Å². The van der Waals surface area contributed by atoms with Crippen molar-refractivity contribution in [2.24, 2.45) is 0 Å². The van der Waals surface area contributed by atoms with Gasteiger partial charge in [0.2, 0.25) is 6.61 Å². The smallest absolute Gasteiger partial charge is 0.362 e. The van der Waals surface area contributed by atoms with Gasteiger partial charge >= 0.3 is 5.92 Å². The van der Waals surface area contributed by atoms with Crippen LogP contribution in [0.25, 0.3) is 0 Å². The van der Waals surface area contributed by atoms with Crippen molar-refractivity contribution >= 4 is 0 Å². The molecule has 92 valence electrons. The number of hydrogen-bond acceptors (Lipinski definition) is 8. The molecule has 11 nitrogen and oxygen atoms in total. The highest BCUT2D eigenvalue weighted by Gasteiger charge is 2.58. The van der Waals surface area contributed by atoms with E-state index in [1.54, 1.807) is 0 Å². The van der Waals surface area contributed by atoms with E-state index < -0.39 is 40.7 Å². The number of ether oxygens (including phenoxy) is 1. The first-order valence-corrected chi connectivity index (χ1v) is 3.63. The molecule has 0 aromatic rings. The molecule has 0 fully saturated rings. The van der Waals surface area contributed by atoms with E-state index in [-0.39, 0.29) is 0 Å². The molecule has 0 radical (unpaired) electrons. The minimum atomic E-state index is -3.96. The van der Waals surface area contributed by atoms with Gasteiger partial charge in [0.05, 0.1) is 6.61 Å². The SMILES string of the molecule is O=[N+]([O-])OCCOCC(F)([N+](=O)[O-])[N+](=O)[O-]. The lowest BCUT2D eigenvalue weighted by molar-refractivity contribution is -0.833. The van der Waals surface area contributed by atoms with Gasteiger partial charge in [0, 0.05) is 0 Å². The Hall–Kier alpha value is -2.11. The molecule has 0 saturated heterocycles. The summed E-state index contributed by atoms with van der Waals surface area (Å²) in [5.41, 5.74) is 0. The molecule has 16 heavy (non-hydrogen) atoms. The Morgan fingerprint density at radius 1 is 1.06 bits per heavy atom. The standard InChI is InChI=1S/C4H6FN3O8/c5-4(6(9)10,7(11)12)3-15-1-2-16-8(13)14/h1-3H2. The molecule has 0 heterocycles. The van der Waals surface area contributed by atoms with Crippen molar-refractivity contribution in [3.63, 3.8) is 0 Å². The zero-order valence-corrected chi connectivity index (χ0v) is 7.61. The van der Waals surface area contributed by atoms with Gasteiger partial charge in [-0.1, -0.05) is 4.39 Å². The molecule has 0 aliphatic carbocycles. The van der Waals surface area contributed by atoms with Crippen LogP contribution < -0.4 is 0 Å². The molecule has 0 bridgehead atoms. The highest BCUT2D eigenvalue weighted by atomic mass is 19.2. The van der Waals surface area contributed by atoms with Crippen LogP contribution in [0.2, 0.25) is 0 Å². The Labute approximate surface area is 86.1 Å². The number of hydrogen-bond donors (Lipinski definition) is 0. The highest BCUT2D eigenvalue weighted by molar-refractivity contribution is 4.49. The van der Waals surface area contributed by atoms with Crippen molar-refractivity contribution in [1.29, 1.82) is 0 Å². The van der Waals surface area contributed by atoms with Crippen LogP contribution in [0.1, 0.15) is 0 Å². The second-order valence-corrected chi connectivity index (χ2v) is 2.34. The largest absolute Gasteiger partial charge is 0.637 e. The lowest BCUT2D eigenvalue weighted by Gasteiger charge is -2.08. The van der Waals surface area contributed by atoms with Gasteiger partial charge in [-0.25, -0.2) is 0 Å². The van der Waals surface area contributed by atoms with Gasteiger partial charge in [0.1, 0.15) is 16.5 Å². The Balaban J connectivity index is 4.01. The average Bonchev–Trinajstić information content (AvgIpc) is 2.15. The van der Waals surface area contributed by atoms with Crippen LogP contribution in [0.5, 0.6) is 0 Å². The molecule has 0 aromatic heterocycles. The Morgan fingerprint density at radius 2 is 1.56 bits per heavy atom. The van der Waals surface area contributed by atoms with Crippen molar-refractivity contribution in [3.8, 4) is 0 Å². The topological polar surface area (TPSA) is 148 Å². The van der Waals surface area contributed by atoms with E-state index in [1.165, 1.54) is 0 Å². The molecule has 0 aromatic carbocycles. The lowest BCUT2D eigenvalue weighted by atomic mass is 10.5. The molecule has 0 rings (SSSR count). The van der Waals surface area contributed by atoms with E-state index in [0.717, 1.165) is 0 Å². The fourth-order valence-corrected chi connectivity index (χ4v) is 0.545. The van der Waals surface area contributed by atoms with Gasteiger partial charge in [-0.3, -0.25) is 20.2 Å². The third-order valence-corrected chi connectivity index (χ3v) is 1.27. The van der Waals surface area contributed by atoms with E-state index in [1.807, 2.05) is 0 Å². The first-order valence-electron chi connectivity index (χ1n) is 3.63. The van der Waals surface area contributed by atoms with Crippen molar-refractivity contribution in [2.45, 2.75) is 5.92 Å². The molecule has 0 spiro atoms. The van der Waals surface area contributed by atoms with Crippen molar-refractivity contribution in [3.05, 3.63) is 30.3 Å². The van der Waals surface area contributed by atoms with E-state index >= 15 is 0 Å². The molecule has 0 atom stereocenters. The number of alkyl halides is 1. The lowest BCUT2D eigenvalue weighted by Crippen LogP contribution is -2.46. The molecule has 0 saturated carbocycles. The molecule has 0 amide bonds. The van der Waals surface area contributed by atoms with Crippen LogP contribution in [0.15, 0.2) is 0 Å². The molecule has 0 N–H and O–H groups in total. The normalized spacial score (nSPS) is 10.8. The third kappa shape index (κ3) is 3.95. The monoisotopic (exact) mass is 243 g/mol. The zero-order valence-electron chi connectivity index (χ0n) is 7.61. The van der Waals surface area contributed by atoms with Crippen LogP contribution in [0, 0.1) is 30.3 Å². The fraction of sp³-hybridized carbons (Fsp3) is 1.00. The minimum Gasteiger partial charge on any atom is -0.362 e. The van der Waals surface area contributed by atoms with Gasteiger partial charge in [-0.15, -0.1) is 10.1 Å². The van der Waals surface area contributed by atoms with Crippen LogP contribution >= 0.6 is 0 Å². The molecule has 12 heteroatoms. The second kappa shape index (κ2) is 5.69. The highest BCUT2D eigenvalue weighted by Crippen LogP contribution is 2.13. The molecule has 0 aliphatic heterocycles. The van der Waals surface area contributed by atoms with Gasteiger partial charge < -0.3 is 9.57 Å². The predicted octanol–water partition coefficient (Wildman–Crippen LogP) is -0.612. The van der Waals surface area contributed by atoms with Gasteiger partial charge in [-0.05, 0) is 0 Å². The third-order valence-electron chi connectivity index (χ3n) is 1.27. The Kier molecular flexibility index (Phi) is 4.94. The summed E-state index contributed by atoms with van der Waals surface area (Å²) < 4.78 is 17.1. The van der Waals surface area contributed by atoms with Crippen molar-refractivity contribution in [1.82, 2.24) is 0 Å². The number of halogens is 1. The summed E-state index contributed by atoms with van der Waals surface area (Å²) in [5, 5.41) is 28.5. The summed E-state index contributed by atoms with van der Waals surface area (Å²) in [6, 6.07) is 0. The summed E-state index contributed by atoms with van der Waals surface area (Å²) in [4.78, 5) is 29.8. The first kappa shape index (κ1) is 13.9. The Morgan fingerprint density at radius 3 is 1.94 bits per heavy atom. The first-order chi connectivity index (χ1) is 7.30. The van der Waals surface area contributed by atoms with E-state index in [0.29, 0.717) is 0 Å². The van der Waals surface area contributed by atoms with Gasteiger partial charge in [-0.2, -0.15) is 0 Å². The Bertz CT molecular complexity index is 281. The number of nitrogens with zero attached hydrogens (tertiary/aromatic N) is 3.